The number of hydrogen-bond donors (Lipinski definition) is 1. The fourth-order valence-electron chi connectivity index (χ4n) is 3.33. The van der Waals surface area contributed by atoms with E-state index in [-0.39, 0.29) is 23.0 Å². The smallest absolute Gasteiger partial charge is 0.277 e. The van der Waals surface area contributed by atoms with Gasteiger partial charge in [0, 0.05) is 16.7 Å². The number of rotatable bonds is 5. The molecular formula is C19H15ClF2N6O2. The lowest BCUT2D eigenvalue weighted by molar-refractivity contribution is -0.0390. The molecule has 154 valence electrons. The Bertz CT molecular complexity index is 1280. The first-order valence-corrected chi connectivity index (χ1v) is 9.22. The Morgan fingerprint density at radius 2 is 2.03 bits per heavy atom. The highest BCUT2D eigenvalue weighted by atomic mass is 35.5. The van der Waals surface area contributed by atoms with Crippen molar-refractivity contribution in [2.45, 2.75) is 25.1 Å². The molecule has 0 radical (unpaired) electrons. The number of aliphatic hydroxyl groups is 1. The van der Waals surface area contributed by atoms with Crippen molar-refractivity contribution >= 4 is 22.5 Å². The van der Waals surface area contributed by atoms with Crippen molar-refractivity contribution in [3.05, 3.63) is 81.6 Å². The molecule has 0 aliphatic carbocycles. The lowest BCUT2D eigenvalue weighted by Crippen LogP contribution is -2.44. The molecule has 0 saturated heterocycles. The molecule has 0 saturated carbocycles. The van der Waals surface area contributed by atoms with Gasteiger partial charge < -0.3 is 5.11 Å². The highest BCUT2D eigenvalue weighted by Gasteiger charge is 2.41. The minimum absolute atomic E-state index is 0.225. The van der Waals surface area contributed by atoms with E-state index in [2.05, 4.69) is 20.4 Å². The molecule has 8 nitrogen and oxygen atoms in total. The van der Waals surface area contributed by atoms with Crippen LogP contribution in [0.4, 0.5) is 8.78 Å². The van der Waals surface area contributed by atoms with Gasteiger partial charge in [-0.3, -0.25) is 4.79 Å². The van der Waals surface area contributed by atoms with E-state index in [9.17, 15) is 18.7 Å². The fraction of sp³-hybridized carbons (Fsp3) is 0.211. The van der Waals surface area contributed by atoms with Crippen molar-refractivity contribution in [2.24, 2.45) is 0 Å². The van der Waals surface area contributed by atoms with Gasteiger partial charge in [0.25, 0.3) is 5.56 Å². The van der Waals surface area contributed by atoms with Crippen molar-refractivity contribution in [2.75, 3.05) is 0 Å². The first-order chi connectivity index (χ1) is 14.3. The van der Waals surface area contributed by atoms with Gasteiger partial charge in [0.15, 0.2) is 0 Å². The second-order valence-corrected chi connectivity index (χ2v) is 7.25. The van der Waals surface area contributed by atoms with Crippen molar-refractivity contribution in [1.82, 2.24) is 29.8 Å². The van der Waals surface area contributed by atoms with Crippen LogP contribution in [0.25, 0.3) is 10.9 Å². The molecule has 0 aliphatic rings. The predicted molar refractivity (Wildman–Crippen MR) is 104 cm³/mol. The maximum absolute atomic E-state index is 14.7. The number of hydrogen-bond acceptors (Lipinski definition) is 6. The van der Waals surface area contributed by atoms with E-state index >= 15 is 0 Å². The highest BCUT2D eigenvalue weighted by molar-refractivity contribution is 6.31. The molecule has 4 aromatic rings. The molecule has 1 N–H and O–H groups in total. The largest absolute Gasteiger partial charge is 0.381 e. The zero-order valence-electron chi connectivity index (χ0n) is 15.6. The molecule has 0 amide bonds. The summed E-state index contributed by atoms with van der Waals surface area (Å²) in [7, 11) is 0. The summed E-state index contributed by atoms with van der Waals surface area (Å²) < 4.78 is 30.4. The molecular weight excluding hydrogens is 418 g/mol. The number of fused-ring (bicyclic) bond motifs is 1. The second kappa shape index (κ2) is 7.54. The van der Waals surface area contributed by atoms with E-state index in [1.807, 2.05) is 0 Å². The predicted octanol–water partition coefficient (Wildman–Crippen LogP) is 2.46. The van der Waals surface area contributed by atoms with Crippen LogP contribution in [0.15, 0.2) is 53.8 Å². The maximum atomic E-state index is 14.7. The van der Waals surface area contributed by atoms with Crippen LogP contribution in [-0.2, 0) is 12.1 Å². The first-order valence-electron chi connectivity index (χ1n) is 8.84. The van der Waals surface area contributed by atoms with Crippen LogP contribution < -0.4 is 5.56 Å². The van der Waals surface area contributed by atoms with Crippen LogP contribution in [0.3, 0.4) is 0 Å². The Hall–Kier alpha value is -3.24. The second-order valence-electron chi connectivity index (χ2n) is 6.82. The van der Waals surface area contributed by atoms with Gasteiger partial charge in [0.2, 0.25) is 0 Å². The van der Waals surface area contributed by atoms with Crippen LogP contribution in [0.1, 0.15) is 18.5 Å². The molecule has 30 heavy (non-hydrogen) atoms. The molecule has 2 heterocycles. The Morgan fingerprint density at radius 3 is 2.73 bits per heavy atom. The summed E-state index contributed by atoms with van der Waals surface area (Å²) in [5.74, 6) is -1.77. The molecule has 0 fully saturated rings. The van der Waals surface area contributed by atoms with Gasteiger partial charge in [0.1, 0.15) is 35.4 Å². The summed E-state index contributed by atoms with van der Waals surface area (Å²) in [6, 6.07) is 6.20. The average molecular weight is 433 g/mol. The Morgan fingerprint density at radius 1 is 1.23 bits per heavy atom. The van der Waals surface area contributed by atoms with Crippen molar-refractivity contribution < 1.29 is 13.9 Å². The average Bonchev–Trinajstić information content (AvgIpc) is 3.20. The monoisotopic (exact) mass is 432 g/mol. The van der Waals surface area contributed by atoms with Crippen molar-refractivity contribution in [3.8, 4) is 0 Å². The normalized spacial score (nSPS) is 14.6. The van der Waals surface area contributed by atoms with Gasteiger partial charge >= 0.3 is 0 Å². The summed E-state index contributed by atoms with van der Waals surface area (Å²) in [6.07, 6.45) is 2.58. The van der Waals surface area contributed by atoms with Crippen LogP contribution >= 0.6 is 11.6 Å². The van der Waals surface area contributed by atoms with Crippen LogP contribution in [0.2, 0.25) is 5.02 Å². The quantitative estimate of drug-likeness (QED) is 0.520. The maximum Gasteiger partial charge on any atom is 0.277 e. The molecule has 2 aromatic heterocycles. The van der Waals surface area contributed by atoms with Gasteiger partial charge in [0.05, 0.1) is 18.0 Å². The number of nitrogens with zero attached hydrogens (tertiary/aromatic N) is 6. The summed E-state index contributed by atoms with van der Waals surface area (Å²) >= 11 is 5.93. The van der Waals surface area contributed by atoms with Crippen LogP contribution in [-0.4, -0.2) is 34.9 Å². The zero-order valence-corrected chi connectivity index (χ0v) is 16.3. The van der Waals surface area contributed by atoms with Gasteiger partial charge in [-0.1, -0.05) is 22.9 Å². The van der Waals surface area contributed by atoms with E-state index in [0.29, 0.717) is 11.1 Å². The fourth-order valence-corrected chi connectivity index (χ4v) is 3.50. The molecule has 11 heteroatoms. The lowest BCUT2D eigenvalue weighted by atomic mass is 9.86. The Balaban J connectivity index is 1.88. The van der Waals surface area contributed by atoms with Crippen molar-refractivity contribution in [1.29, 1.82) is 0 Å². The third-order valence-electron chi connectivity index (χ3n) is 4.97. The number of aromatic nitrogens is 6. The molecule has 4 rings (SSSR count). The van der Waals surface area contributed by atoms with Gasteiger partial charge in [-0.15, -0.1) is 5.10 Å². The van der Waals surface area contributed by atoms with Crippen LogP contribution in [0, 0.1) is 11.6 Å². The number of benzene rings is 2. The Kier molecular flexibility index (Phi) is 5.04. The molecule has 2 aromatic carbocycles. The standard InChI is InChI=1S/C19H15ClF2N6O2/c1-11(28-18(29)14-4-2-12(20)6-17(14)25-26-28)19(30,8-27-10-23-9-24-27)15-5-3-13(21)7-16(15)22/h2-7,9-11,30H,8H2,1H3. The zero-order chi connectivity index (χ0) is 21.5. The van der Waals surface area contributed by atoms with E-state index in [0.717, 1.165) is 16.8 Å². The van der Waals surface area contributed by atoms with Gasteiger partial charge in [-0.2, -0.15) is 5.10 Å². The summed E-state index contributed by atoms with van der Waals surface area (Å²) in [5, 5.41) is 24.0. The van der Waals surface area contributed by atoms with Crippen LogP contribution in [0.5, 0.6) is 0 Å². The van der Waals surface area contributed by atoms with E-state index in [1.54, 1.807) is 0 Å². The minimum Gasteiger partial charge on any atom is -0.381 e. The van der Waals surface area contributed by atoms with E-state index in [1.165, 1.54) is 42.5 Å². The minimum atomic E-state index is -2.04. The number of halogens is 3. The third kappa shape index (κ3) is 3.44. The summed E-state index contributed by atoms with van der Waals surface area (Å²) in [5.41, 5.74) is -2.53. The Labute approximate surface area is 173 Å². The molecule has 2 unspecified atom stereocenters. The summed E-state index contributed by atoms with van der Waals surface area (Å²) in [4.78, 5) is 16.8. The highest BCUT2D eigenvalue weighted by Crippen LogP contribution is 2.35. The lowest BCUT2D eigenvalue weighted by Gasteiger charge is -2.34. The SMILES string of the molecule is CC(n1nnc2cc(Cl)ccc2c1=O)C(O)(Cn1cncn1)c1ccc(F)cc1F. The molecule has 0 bridgehead atoms. The first kappa shape index (κ1) is 20.0. The van der Waals surface area contributed by atoms with Crippen molar-refractivity contribution in [3.63, 3.8) is 0 Å². The van der Waals surface area contributed by atoms with E-state index < -0.39 is 28.8 Å². The van der Waals surface area contributed by atoms with Gasteiger partial charge in [-0.05, 0) is 31.2 Å². The van der Waals surface area contributed by atoms with Gasteiger partial charge in [-0.25, -0.2) is 23.1 Å². The molecule has 2 atom stereocenters. The third-order valence-corrected chi connectivity index (χ3v) is 5.21. The topological polar surface area (TPSA) is 98.7 Å². The van der Waals surface area contributed by atoms with E-state index in [4.69, 9.17) is 11.6 Å². The molecule has 0 aliphatic heterocycles. The molecule has 0 spiro atoms. The summed E-state index contributed by atoms with van der Waals surface area (Å²) in [6.45, 7) is 1.21.